The zero-order valence-corrected chi connectivity index (χ0v) is 31.0. The fourth-order valence-corrected chi connectivity index (χ4v) is 6.75. The predicted octanol–water partition coefficient (Wildman–Crippen LogP) is 0.0542. The van der Waals surface area contributed by atoms with Gasteiger partial charge in [-0.15, -0.1) is 0 Å². The van der Waals surface area contributed by atoms with Crippen LogP contribution in [0.2, 0.25) is 0 Å². The molecule has 1 fully saturated rings. The van der Waals surface area contributed by atoms with Crippen molar-refractivity contribution in [1.82, 2.24) is 26.6 Å². The Labute approximate surface area is 313 Å². The number of nitrogens with one attached hydrogen (secondary N) is 5. The third kappa shape index (κ3) is 16.5. The van der Waals surface area contributed by atoms with Crippen LogP contribution in [0, 0.1) is 5.92 Å². The molecule has 16 nitrogen and oxygen atoms in total. The molecule has 1 aliphatic heterocycles. The molecular formula is C37H62N10O6. The lowest BCUT2D eigenvalue weighted by Gasteiger charge is -2.25. The SMILES string of the molecule is NCCCC[C@@H]1NC(=O)Cc2cccc(c2)CNC(=O)[C@@H](CCC2CCCCC2)NC(=O)[C@H](N=C(N)N)CCOCNC(=O)[C@H](CCCCN)NC1=O. The summed E-state index contributed by atoms with van der Waals surface area (Å²) in [5.41, 5.74) is 24.2. The van der Waals surface area contributed by atoms with Crippen LogP contribution >= 0.6 is 0 Å². The van der Waals surface area contributed by atoms with Gasteiger partial charge < -0.3 is 54.3 Å². The van der Waals surface area contributed by atoms with Crippen LogP contribution in [-0.2, 0) is 41.7 Å². The molecule has 0 saturated heterocycles. The van der Waals surface area contributed by atoms with Crippen LogP contribution in [-0.4, -0.2) is 86.1 Å². The molecule has 2 bridgehead atoms. The van der Waals surface area contributed by atoms with E-state index in [9.17, 15) is 24.0 Å². The first-order valence-electron chi connectivity index (χ1n) is 19.2. The van der Waals surface area contributed by atoms with Crippen molar-refractivity contribution in [3.05, 3.63) is 35.4 Å². The van der Waals surface area contributed by atoms with Gasteiger partial charge in [0.05, 0.1) is 13.0 Å². The number of carbonyl (C=O) groups is 5. The molecule has 0 radical (unpaired) electrons. The summed E-state index contributed by atoms with van der Waals surface area (Å²) in [6, 6.07) is 3.60. The van der Waals surface area contributed by atoms with E-state index in [-0.39, 0.29) is 50.5 Å². The van der Waals surface area contributed by atoms with E-state index in [1.807, 2.05) is 12.1 Å². The maximum atomic E-state index is 13.6. The van der Waals surface area contributed by atoms with Crippen LogP contribution in [0.5, 0.6) is 0 Å². The second-order valence-corrected chi connectivity index (χ2v) is 14.1. The molecule has 5 amide bonds. The van der Waals surface area contributed by atoms with Crippen LogP contribution in [0.4, 0.5) is 0 Å². The number of nitrogens with zero attached hydrogens (tertiary/aromatic N) is 1. The lowest BCUT2D eigenvalue weighted by atomic mass is 9.85. The van der Waals surface area contributed by atoms with Crippen LogP contribution in [0.3, 0.4) is 0 Å². The topological polar surface area (TPSA) is 271 Å². The molecule has 1 saturated carbocycles. The number of nitrogens with two attached hydrogens (primary N) is 4. The maximum absolute atomic E-state index is 13.6. The lowest BCUT2D eigenvalue weighted by Crippen LogP contribution is -2.54. The Balaban J connectivity index is 1.86. The standard InChI is InChI=1S/C37H62N10O6/c38-18-6-4-13-28-34(50)43-24-53-20-17-31(47-37(40)41)36(52)46-30(16-15-25-9-2-1-3-10-25)33(49)42-23-27-12-8-11-26(21-27)22-32(48)44-29(35(51)45-28)14-5-7-19-39/h8,11-12,21,25,28-31H,1-7,9-10,13-20,22-24,38-39H2,(H,42,49)(H,43,50)(H,44,48)(H,45,51)(H,46,52)(H4,40,41,47)/t28-,29-,30+,31+/m0/s1. The molecule has 296 valence electrons. The van der Waals surface area contributed by atoms with Gasteiger partial charge in [0.25, 0.3) is 0 Å². The van der Waals surface area contributed by atoms with Crippen molar-refractivity contribution in [2.45, 2.75) is 127 Å². The summed E-state index contributed by atoms with van der Waals surface area (Å²) in [5.74, 6) is -1.99. The fraction of sp³-hybridized carbons (Fsp3) is 0.676. The fourth-order valence-electron chi connectivity index (χ4n) is 6.75. The Kier molecular flexibility index (Phi) is 19.6. The van der Waals surface area contributed by atoms with Gasteiger partial charge in [0.2, 0.25) is 29.5 Å². The number of aliphatic imine (C=N–C) groups is 1. The van der Waals surface area contributed by atoms with Gasteiger partial charge in [0, 0.05) is 13.0 Å². The Morgan fingerprint density at radius 3 is 2.00 bits per heavy atom. The average Bonchev–Trinajstić information content (AvgIpc) is 3.14. The highest BCUT2D eigenvalue weighted by Gasteiger charge is 2.29. The normalized spacial score (nSPS) is 23.5. The van der Waals surface area contributed by atoms with Gasteiger partial charge in [0.15, 0.2) is 5.96 Å². The van der Waals surface area contributed by atoms with Crippen molar-refractivity contribution in [3.63, 3.8) is 0 Å². The minimum atomic E-state index is -1.04. The number of hydrogen-bond acceptors (Lipinski definition) is 9. The van der Waals surface area contributed by atoms with E-state index in [0.717, 1.165) is 37.7 Å². The highest BCUT2D eigenvalue weighted by atomic mass is 16.5. The monoisotopic (exact) mass is 742 g/mol. The van der Waals surface area contributed by atoms with Crippen LogP contribution in [0.1, 0.15) is 101 Å². The number of hydrogen-bond donors (Lipinski definition) is 9. The molecular weight excluding hydrogens is 680 g/mol. The summed E-state index contributed by atoms with van der Waals surface area (Å²) in [6.07, 6.45) is 10.2. The highest BCUT2D eigenvalue weighted by molar-refractivity contribution is 5.93. The number of amides is 5. The zero-order valence-electron chi connectivity index (χ0n) is 31.0. The van der Waals surface area contributed by atoms with E-state index in [4.69, 9.17) is 27.7 Å². The van der Waals surface area contributed by atoms with E-state index in [1.165, 1.54) is 6.42 Å². The second-order valence-electron chi connectivity index (χ2n) is 14.1. The Morgan fingerprint density at radius 2 is 1.32 bits per heavy atom. The molecule has 13 N–H and O–H groups in total. The van der Waals surface area contributed by atoms with Gasteiger partial charge in [0.1, 0.15) is 30.9 Å². The number of carbonyl (C=O) groups excluding carboxylic acids is 5. The number of guanidine groups is 1. The molecule has 1 aliphatic carbocycles. The smallest absolute Gasteiger partial charge is 0.245 e. The van der Waals surface area contributed by atoms with E-state index >= 15 is 0 Å². The van der Waals surface area contributed by atoms with Gasteiger partial charge in [-0.25, -0.2) is 4.99 Å². The summed E-state index contributed by atoms with van der Waals surface area (Å²) >= 11 is 0. The summed E-state index contributed by atoms with van der Waals surface area (Å²) < 4.78 is 5.65. The molecule has 1 heterocycles. The van der Waals surface area contributed by atoms with Crippen molar-refractivity contribution in [2.24, 2.45) is 33.8 Å². The van der Waals surface area contributed by atoms with Gasteiger partial charge in [-0.3, -0.25) is 24.0 Å². The van der Waals surface area contributed by atoms with Gasteiger partial charge >= 0.3 is 0 Å². The highest BCUT2D eigenvalue weighted by Crippen LogP contribution is 2.28. The number of unbranched alkanes of at least 4 members (excludes halogenated alkanes) is 2. The number of benzene rings is 1. The molecule has 1 aromatic carbocycles. The van der Waals surface area contributed by atoms with E-state index < -0.39 is 41.9 Å². The minimum absolute atomic E-state index is 0.00384. The first kappa shape index (κ1) is 43.1. The third-order valence-corrected chi connectivity index (χ3v) is 9.71. The Hall–Kier alpha value is -4.28. The number of ether oxygens (including phenoxy) is 1. The number of rotatable bonds is 12. The molecule has 53 heavy (non-hydrogen) atoms. The molecule has 0 aromatic heterocycles. The van der Waals surface area contributed by atoms with Crippen molar-refractivity contribution in [1.29, 1.82) is 0 Å². The molecule has 4 atom stereocenters. The molecule has 0 spiro atoms. The minimum Gasteiger partial charge on any atom is -0.370 e. The zero-order chi connectivity index (χ0) is 38.4. The van der Waals surface area contributed by atoms with Crippen molar-refractivity contribution in [3.8, 4) is 0 Å². The van der Waals surface area contributed by atoms with E-state index in [2.05, 4.69) is 31.6 Å². The number of fused-ring (bicyclic) bond motifs is 2. The largest absolute Gasteiger partial charge is 0.370 e. The Bertz CT molecular complexity index is 1350. The summed E-state index contributed by atoms with van der Waals surface area (Å²) in [4.78, 5) is 71.4. The summed E-state index contributed by atoms with van der Waals surface area (Å²) in [5, 5.41) is 14.2. The van der Waals surface area contributed by atoms with Crippen LogP contribution in [0.15, 0.2) is 29.3 Å². The van der Waals surface area contributed by atoms with E-state index in [0.29, 0.717) is 69.5 Å². The van der Waals surface area contributed by atoms with Crippen LogP contribution < -0.4 is 49.5 Å². The molecule has 0 unspecified atom stereocenters. The first-order valence-corrected chi connectivity index (χ1v) is 19.2. The van der Waals surface area contributed by atoms with Gasteiger partial charge in [-0.1, -0.05) is 56.4 Å². The molecule has 2 aliphatic rings. The quantitative estimate of drug-likeness (QED) is 0.0789. The van der Waals surface area contributed by atoms with Crippen molar-refractivity contribution < 1.29 is 28.7 Å². The lowest BCUT2D eigenvalue weighted by molar-refractivity contribution is -0.133. The van der Waals surface area contributed by atoms with Crippen molar-refractivity contribution >= 4 is 35.5 Å². The Morgan fingerprint density at radius 1 is 0.698 bits per heavy atom. The second kappa shape index (κ2) is 24.1. The summed E-state index contributed by atoms with van der Waals surface area (Å²) in [6.45, 7) is 0.837. The van der Waals surface area contributed by atoms with Gasteiger partial charge in [-0.2, -0.15) is 0 Å². The van der Waals surface area contributed by atoms with Crippen LogP contribution in [0.25, 0.3) is 0 Å². The molecule has 3 rings (SSSR count). The maximum Gasteiger partial charge on any atom is 0.245 e. The molecule has 16 heteroatoms. The summed E-state index contributed by atoms with van der Waals surface area (Å²) in [7, 11) is 0. The van der Waals surface area contributed by atoms with Crippen molar-refractivity contribution in [2.75, 3.05) is 26.4 Å². The average molecular weight is 743 g/mol. The first-order chi connectivity index (χ1) is 25.6. The predicted molar refractivity (Wildman–Crippen MR) is 203 cm³/mol. The van der Waals surface area contributed by atoms with Gasteiger partial charge in [-0.05, 0) is 81.5 Å². The van der Waals surface area contributed by atoms with E-state index in [1.54, 1.807) is 12.1 Å². The molecule has 1 aromatic rings. The third-order valence-electron chi connectivity index (χ3n) is 9.71.